The van der Waals surface area contributed by atoms with Crippen LogP contribution in [0.5, 0.6) is 23.0 Å². The van der Waals surface area contributed by atoms with Crippen LogP contribution >= 0.6 is 0 Å². The van der Waals surface area contributed by atoms with E-state index in [1.54, 1.807) is 0 Å². The van der Waals surface area contributed by atoms with Gasteiger partial charge in [-0.2, -0.15) is 0 Å². The van der Waals surface area contributed by atoms with Crippen molar-refractivity contribution in [1.82, 2.24) is 9.97 Å². The van der Waals surface area contributed by atoms with Crippen LogP contribution in [0.2, 0.25) is 0 Å². The number of anilines is 6. The van der Waals surface area contributed by atoms with Gasteiger partial charge in [0.25, 0.3) is 0 Å². The number of nitrogens with zero attached hydrogens (tertiary/aromatic N) is 4. The SMILES string of the molecule is c1ccc(N2c3ccccc3Oc3cccc(-c4ccc5oc6ccc(-c7cccc8c7N(c7ccccc7)c7ccccc7O8)nc6c5n4)c32)cc1. The molecule has 3 aromatic heterocycles. The van der Waals surface area contributed by atoms with Crippen LogP contribution in [0.15, 0.2) is 174 Å². The van der Waals surface area contributed by atoms with Gasteiger partial charge in [0.05, 0.1) is 34.1 Å². The van der Waals surface area contributed by atoms with E-state index < -0.39 is 0 Å². The number of hydrogen-bond donors (Lipinski definition) is 0. The number of benzene rings is 6. The zero-order valence-electron chi connectivity index (χ0n) is 28.2. The fourth-order valence-corrected chi connectivity index (χ4v) is 7.52. The molecule has 7 nitrogen and oxygen atoms in total. The molecule has 0 aliphatic carbocycles. The summed E-state index contributed by atoms with van der Waals surface area (Å²) in [5.74, 6) is 3.10. The Bertz CT molecular complexity index is 2680. The molecule has 2 aliphatic rings. The minimum absolute atomic E-state index is 0.665. The van der Waals surface area contributed by atoms with Crippen molar-refractivity contribution in [1.29, 1.82) is 0 Å². The molecule has 2 aliphatic heterocycles. The van der Waals surface area contributed by atoms with Crippen LogP contribution in [0.25, 0.3) is 44.7 Å². The molecular formula is C46H28N4O3. The van der Waals surface area contributed by atoms with Gasteiger partial charge >= 0.3 is 0 Å². The second kappa shape index (κ2) is 11.6. The molecule has 6 aromatic carbocycles. The zero-order valence-corrected chi connectivity index (χ0v) is 28.2. The highest BCUT2D eigenvalue weighted by Crippen LogP contribution is 2.55. The molecule has 0 amide bonds. The lowest BCUT2D eigenvalue weighted by atomic mass is 10.0. The number of pyridine rings is 2. The van der Waals surface area contributed by atoms with E-state index in [-0.39, 0.29) is 0 Å². The molecule has 0 saturated carbocycles. The van der Waals surface area contributed by atoms with Crippen LogP contribution in [0.3, 0.4) is 0 Å². The molecule has 0 fully saturated rings. The standard InChI is InChI=1S/C46H28N4O3/c1-3-13-29(14-4-1)49-35-19-7-9-21-37(35)51-41-23-11-17-31(45(41)49)33-25-27-39-43(47-33)44-40(53-39)28-26-34(48-44)32-18-12-24-42-46(32)50(30-15-5-2-6-16-30)36-20-8-10-22-38(36)52-42/h1-28H. The second-order valence-electron chi connectivity index (χ2n) is 13.0. The molecule has 0 N–H and O–H groups in total. The fraction of sp³-hybridized carbons (Fsp3) is 0. The molecule has 0 spiro atoms. The van der Waals surface area contributed by atoms with Crippen molar-refractivity contribution in [3.05, 3.63) is 170 Å². The van der Waals surface area contributed by atoms with Crippen LogP contribution in [-0.2, 0) is 0 Å². The van der Waals surface area contributed by atoms with E-state index >= 15 is 0 Å². The highest BCUT2D eigenvalue weighted by molar-refractivity contribution is 6.03. The van der Waals surface area contributed by atoms with Crippen molar-refractivity contribution in [3.63, 3.8) is 0 Å². The fourth-order valence-electron chi connectivity index (χ4n) is 7.52. The molecule has 0 atom stereocenters. The number of para-hydroxylation sites is 8. The van der Waals surface area contributed by atoms with E-state index in [2.05, 4.69) is 82.6 Å². The topological polar surface area (TPSA) is 63.9 Å². The zero-order chi connectivity index (χ0) is 34.9. The van der Waals surface area contributed by atoms with Crippen LogP contribution < -0.4 is 19.3 Å². The molecule has 0 unspecified atom stereocenters. The summed E-state index contributed by atoms with van der Waals surface area (Å²) in [6.07, 6.45) is 0. The normalized spacial score (nSPS) is 12.8. The predicted octanol–water partition coefficient (Wildman–Crippen LogP) is 12.9. The van der Waals surface area contributed by atoms with Gasteiger partial charge in [0.1, 0.15) is 11.0 Å². The smallest absolute Gasteiger partial charge is 0.155 e. The van der Waals surface area contributed by atoms with Gasteiger partial charge in [0, 0.05) is 22.5 Å². The first-order valence-electron chi connectivity index (χ1n) is 17.5. The van der Waals surface area contributed by atoms with E-state index in [1.807, 2.05) is 97.1 Å². The van der Waals surface area contributed by atoms with Crippen molar-refractivity contribution >= 4 is 56.3 Å². The number of rotatable bonds is 4. The van der Waals surface area contributed by atoms with Crippen molar-refractivity contribution in [2.24, 2.45) is 0 Å². The highest BCUT2D eigenvalue weighted by atomic mass is 16.5. The molecule has 250 valence electrons. The number of aromatic nitrogens is 2. The summed E-state index contributed by atoms with van der Waals surface area (Å²) in [5.41, 5.74) is 11.9. The quantitative estimate of drug-likeness (QED) is 0.183. The second-order valence-corrected chi connectivity index (χ2v) is 13.0. The Kier molecular flexibility index (Phi) is 6.42. The Hall–Kier alpha value is -7.38. The molecule has 9 aromatic rings. The number of fused-ring (bicyclic) bond motifs is 7. The Morgan fingerprint density at radius 1 is 0.358 bits per heavy atom. The Balaban J connectivity index is 1.08. The molecular weight excluding hydrogens is 657 g/mol. The van der Waals surface area contributed by atoms with Gasteiger partial charge in [-0.1, -0.05) is 84.9 Å². The number of hydrogen-bond acceptors (Lipinski definition) is 7. The molecule has 0 radical (unpaired) electrons. The maximum absolute atomic E-state index is 6.49. The average molecular weight is 685 g/mol. The third-order valence-corrected chi connectivity index (χ3v) is 9.84. The molecule has 11 rings (SSSR count). The molecule has 7 heteroatoms. The summed E-state index contributed by atoms with van der Waals surface area (Å²) < 4.78 is 19.3. The first-order chi connectivity index (χ1) is 26.3. The maximum Gasteiger partial charge on any atom is 0.155 e. The summed E-state index contributed by atoms with van der Waals surface area (Å²) in [5, 5.41) is 0. The van der Waals surface area contributed by atoms with Crippen molar-refractivity contribution in [2.45, 2.75) is 0 Å². The monoisotopic (exact) mass is 684 g/mol. The molecule has 5 heterocycles. The molecule has 0 bridgehead atoms. The summed E-state index contributed by atoms with van der Waals surface area (Å²) in [6, 6.07) is 57.1. The Labute approximate surface area is 304 Å². The summed E-state index contributed by atoms with van der Waals surface area (Å²) in [7, 11) is 0. The summed E-state index contributed by atoms with van der Waals surface area (Å²) in [6.45, 7) is 0. The van der Waals surface area contributed by atoms with E-state index in [4.69, 9.17) is 23.9 Å². The van der Waals surface area contributed by atoms with Crippen molar-refractivity contribution < 1.29 is 13.9 Å². The average Bonchev–Trinajstić information content (AvgIpc) is 3.59. The summed E-state index contributed by atoms with van der Waals surface area (Å²) >= 11 is 0. The van der Waals surface area contributed by atoms with Gasteiger partial charge in [-0.3, -0.25) is 0 Å². The number of furan rings is 1. The lowest BCUT2D eigenvalue weighted by Gasteiger charge is -2.34. The third kappa shape index (κ3) is 4.61. The summed E-state index contributed by atoms with van der Waals surface area (Å²) in [4.78, 5) is 15.0. The highest BCUT2D eigenvalue weighted by Gasteiger charge is 2.31. The number of ether oxygens (including phenoxy) is 2. The van der Waals surface area contributed by atoms with Gasteiger partial charge in [-0.25, -0.2) is 9.97 Å². The minimum atomic E-state index is 0.665. The Morgan fingerprint density at radius 2 is 0.774 bits per heavy atom. The molecule has 0 saturated heterocycles. The lowest BCUT2D eigenvalue weighted by Crippen LogP contribution is -2.16. The van der Waals surface area contributed by atoms with E-state index in [9.17, 15) is 0 Å². The van der Waals surface area contributed by atoms with Crippen LogP contribution in [0.1, 0.15) is 0 Å². The maximum atomic E-state index is 6.49. The van der Waals surface area contributed by atoms with Crippen molar-refractivity contribution in [3.8, 4) is 45.5 Å². The van der Waals surface area contributed by atoms with Crippen LogP contribution in [-0.4, -0.2) is 9.97 Å². The van der Waals surface area contributed by atoms with Gasteiger partial charge < -0.3 is 23.7 Å². The third-order valence-electron chi connectivity index (χ3n) is 9.84. The van der Waals surface area contributed by atoms with E-state index in [0.717, 1.165) is 79.6 Å². The first kappa shape index (κ1) is 29.4. The predicted molar refractivity (Wildman–Crippen MR) is 210 cm³/mol. The van der Waals surface area contributed by atoms with Gasteiger partial charge in [0.2, 0.25) is 0 Å². The first-order valence-corrected chi connectivity index (χ1v) is 17.5. The molecule has 53 heavy (non-hydrogen) atoms. The van der Waals surface area contributed by atoms with Crippen LogP contribution in [0.4, 0.5) is 34.1 Å². The van der Waals surface area contributed by atoms with Gasteiger partial charge in [-0.05, 0) is 84.9 Å². The van der Waals surface area contributed by atoms with E-state index in [0.29, 0.717) is 22.2 Å². The van der Waals surface area contributed by atoms with Gasteiger partial charge in [-0.15, -0.1) is 0 Å². The van der Waals surface area contributed by atoms with Crippen molar-refractivity contribution in [2.75, 3.05) is 9.80 Å². The van der Waals surface area contributed by atoms with Crippen LogP contribution in [0, 0.1) is 0 Å². The Morgan fingerprint density at radius 3 is 1.25 bits per heavy atom. The largest absolute Gasteiger partial charge is 0.453 e. The minimum Gasteiger partial charge on any atom is -0.453 e. The lowest BCUT2D eigenvalue weighted by molar-refractivity contribution is 0.477. The van der Waals surface area contributed by atoms with E-state index in [1.165, 1.54) is 0 Å². The van der Waals surface area contributed by atoms with Gasteiger partial charge in [0.15, 0.2) is 34.2 Å².